The number of benzene rings is 1. The number of ether oxygens (including phenoxy) is 1. The molecule has 1 aromatic rings. The monoisotopic (exact) mass is 269 g/mol. The Balaban J connectivity index is 2.28. The topological polar surface area (TPSA) is 63.7 Å². The number of amides is 1. The van der Waals surface area contributed by atoms with E-state index < -0.39 is 21.2 Å². The van der Waals surface area contributed by atoms with E-state index in [1.54, 1.807) is 26.0 Å². The molecular formula is C12H15NO4S. The van der Waals surface area contributed by atoms with Crippen molar-refractivity contribution in [3.8, 4) is 0 Å². The smallest absolute Gasteiger partial charge is 0.414 e. The molecule has 0 bridgehead atoms. The van der Waals surface area contributed by atoms with Gasteiger partial charge in [-0.3, -0.25) is 4.90 Å². The number of sulfone groups is 1. The normalized spacial score (nSPS) is 16.2. The molecule has 0 aliphatic carbocycles. The van der Waals surface area contributed by atoms with Crippen LogP contribution in [0.2, 0.25) is 0 Å². The summed E-state index contributed by atoms with van der Waals surface area (Å²) >= 11 is 0. The van der Waals surface area contributed by atoms with E-state index in [0.717, 1.165) is 0 Å². The van der Waals surface area contributed by atoms with Crippen LogP contribution < -0.4 is 4.90 Å². The van der Waals surface area contributed by atoms with Gasteiger partial charge in [-0.05, 0) is 38.1 Å². The lowest BCUT2D eigenvalue weighted by Gasteiger charge is -2.13. The predicted octanol–water partition coefficient (Wildman–Crippen LogP) is 1.83. The second-order valence-corrected chi connectivity index (χ2v) is 6.86. The van der Waals surface area contributed by atoms with E-state index in [1.807, 2.05) is 0 Å². The van der Waals surface area contributed by atoms with E-state index in [4.69, 9.17) is 4.74 Å². The van der Waals surface area contributed by atoms with E-state index in [9.17, 15) is 13.2 Å². The van der Waals surface area contributed by atoms with Gasteiger partial charge in [-0.25, -0.2) is 13.2 Å². The molecule has 98 valence electrons. The van der Waals surface area contributed by atoms with E-state index in [-0.39, 0.29) is 4.90 Å². The summed E-state index contributed by atoms with van der Waals surface area (Å²) in [4.78, 5) is 13.1. The molecule has 1 heterocycles. The Morgan fingerprint density at radius 2 is 1.83 bits per heavy atom. The van der Waals surface area contributed by atoms with Crippen LogP contribution in [-0.4, -0.2) is 32.9 Å². The predicted molar refractivity (Wildman–Crippen MR) is 67.5 cm³/mol. The first-order chi connectivity index (χ1) is 8.43. The van der Waals surface area contributed by atoms with Crippen LogP contribution in [0.1, 0.15) is 13.8 Å². The Morgan fingerprint density at radius 1 is 1.22 bits per heavy atom. The molecule has 0 radical (unpaired) electrons. The first kappa shape index (κ1) is 12.9. The highest BCUT2D eigenvalue weighted by molar-refractivity contribution is 7.92. The summed E-state index contributed by atoms with van der Waals surface area (Å²) in [6, 6.07) is 6.30. The zero-order valence-corrected chi connectivity index (χ0v) is 11.1. The zero-order valence-electron chi connectivity index (χ0n) is 10.3. The first-order valence-corrected chi connectivity index (χ1v) is 7.26. The van der Waals surface area contributed by atoms with Gasteiger partial charge in [-0.15, -0.1) is 0 Å². The SMILES string of the molecule is CC(C)S(=O)(=O)c1ccc(N2CCOC2=O)cc1. The molecule has 5 nitrogen and oxygen atoms in total. The molecule has 0 atom stereocenters. The van der Waals surface area contributed by atoms with Crippen LogP contribution in [0.5, 0.6) is 0 Å². The van der Waals surface area contributed by atoms with Gasteiger partial charge in [0.1, 0.15) is 6.61 Å². The number of hydrogen-bond donors (Lipinski definition) is 0. The molecule has 1 aliphatic heterocycles. The minimum Gasteiger partial charge on any atom is -0.447 e. The average molecular weight is 269 g/mol. The maximum absolute atomic E-state index is 11.9. The van der Waals surface area contributed by atoms with Gasteiger partial charge in [0, 0.05) is 5.69 Å². The first-order valence-electron chi connectivity index (χ1n) is 5.71. The Hall–Kier alpha value is -1.56. The van der Waals surface area contributed by atoms with Crippen molar-refractivity contribution in [2.24, 2.45) is 0 Å². The van der Waals surface area contributed by atoms with Crippen LogP contribution in [0.3, 0.4) is 0 Å². The minimum absolute atomic E-state index is 0.272. The Kier molecular flexibility index (Phi) is 3.30. The molecule has 1 aliphatic rings. The van der Waals surface area contributed by atoms with E-state index in [1.165, 1.54) is 17.0 Å². The quantitative estimate of drug-likeness (QED) is 0.839. The summed E-state index contributed by atoms with van der Waals surface area (Å²) in [5.74, 6) is 0. The molecule has 6 heteroatoms. The average Bonchev–Trinajstić information content (AvgIpc) is 2.75. The molecule has 0 N–H and O–H groups in total. The van der Waals surface area contributed by atoms with E-state index in [0.29, 0.717) is 18.8 Å². The van der Waals surface area contributed by atoms with Crippen molar-refractivity contribution in [2.45, 2.75) is 24.0 Å². The summed E-state index contributed by atoms with van der Waals surface area (Å²) in [5.41, 5.74) is 0.653. The number of carbonyl (C=O) groups is 1. The summed E-state index contributed by atoms with van der Waals surface area (Å²) in [7, 11) is -3.27. The highest BCUT2D eigenvalue weighted by atomic mass is 32.2. The summed E-state index contributed by atoms with van der Waals surface area (Å²) < 4.78 is 28.7. The fourth-order valence-corrected chi connectivity index (χ4v) is 2.78. The van der Waals surface area contributed by atoms with Crippen LogP contribution >= 0.6 is 0 Å². The van der Waals surface area contributed by atoms with Crippen molar-refractivity contribution >= 4 is 21.6 Å². The van der Waals surface area contributed by atoms with E-state index in [2.05, 4.69) is 0 Å². The van der Waals surface area contributed by atoms with Gasteiger partial charge in [-0.2, -0.15) is 0 Å². The van der Waals surface area contributed by atoms with Crippen molar-refractivity contribution < 1.29 is 17.9 Å². The summed E-state index contributed by atoms with van der Waals surface area (Å²) in [6.07, 6.45) is -0.394. The largest absolute Gasteiger partial charge is 0.447 e. The zero-order chi connectivity index (χ0) is 13.3. The lowest BCUT2D eigenvalue weighted by molar-refractivity contribution is 0.181. The maximum Gasteiger partial charge on any atom is 0.414 e. The third-order valence-corrected chi connectivity index (χ3v) is 5.03. The van der Waals surface area contributed by atoms with Gasteiger partial charge in [0.05, 0.1) is 16.7 Å². The molecule has 0 aromatic heterocycles. The van der Waals surface area contributed by atoms with Crippen molar-refractivity contribution in [1.29, 1.82) is 0 Å². The highest BCUT2D eigenvalue weighted by Gasteiger charge is 2.24. The molecule has 1 saturated heterocycles. The van der Waals surface area contributed by atoms with Gasteiger partial charge in [0.2, 0.25) is 0 Å². The number of carbonyl (C=O) groups excluding carboxylic acids is 1. The number of cyclic esters (lactones) is 1. The number of rotatable bonds is 3. The van der Waals surface area contributed by atoms with E-state index >= 15 is 0 Å². The van der Waals surface area contributed by atoms with Crippen molar-refractivity contribution in [1.82, 2.24) is 0 Å². The molecule has 1 amide bonds. The van der Waals surface area contributed by atoms with Crippen LogP contribution in [0, 0.1) is 0 Å². The molecule has 1 fully saturated rings. The van der Waals surface area contributed by atoms with Crippen molar-refractivity contribution in [3.05, 3.63) is 24.3 Å². The lowest BCUT2D eigenvalue weighted by atomic mass is 10.3. The maximum atomic E-state index is 11.9. The Bertz CT molecular complexity index is 548. The molecule has 2 rings (SSSR count). The van der Waals surface area contributed by atoms with Crippen LogP contribution in [0.15, 0.2) is 29.2 Å². The number of hydrogen-bond acceptors (Lipinski definition) is 4. The highest BCUT2D eigenvalue weighted by Crippen LogP contribution is 2.22. The lowest BCUT2D eigenvalue weighted by Crippen LogP contribution is -2.23. The van der Waals surface area contributed by atoms with Crippen LogP contribution in [0.4, 0.5) is 10.5 Å². The minimum atomic E-state index is -3.27. The second kappa shape index (κ2) is 4.61. The van der Waals surface area contributed by atoms with Gasteiger partial charge >= 0.3 is 6.09 Å². The van der Waals surface area contributed by atoms with Crippen molar-refractivity contribution in [2.75, 3.05) is 18.1 Å². The molecule has 0 saturated carbocycles. The van der Waals surface area contributed by atoms with Crippen LogP contribution in [0.25, 0.3) is 0 Å². The third kappa shape index (κ3) is 2.20. The fourth-order valence-electron chi connectivity index (χ4n) is 1.72. The standard InChI is InChI=1S/C12H15NO4S/c1-9(2)18(15,16)11-5-3-10(4-6-11)13-7-8-17-12(13)14/h3-6,9H,7-8H2,1-2H3. The summed E-state index contributed by atoms with van der Waals surface area (Å²) in [5, 5.41) is -0.458. The molecule has 0 spiro atoms. The fraction of sp³-hybridized carbons (Fsp3) is 0.417. The van der Waals surface area contributed by atoms with Gasteiger partial charge < -0.3 is 4.74 Å². The second-order valence-electron chi connectivity index (χ2n) is 4.35. The summed E-state index contributed by atoms with van der Waals surface area (Å²) in [6.45, 7) is 4.14. The molecular weight excluding hydrogens is 254 g/mol. The number of anilines is 1. The molecule has 0 unspecified atom stereocenters. The Labute approximate surface area is 106 Å². The van der Waals surface area contributed by atoms with Crippen LogP contribution in [-0.2, 0) is 14.6 Å². The third-order valence-electron chi connectivity index (χ3n) is 2.86. The Morgan fingerprint density at radius 3 is 2.28 bits per heavy atom. The number of nitrogens with zero attached hydrogens (tertiary/aromatic N) is 1. The van der Waals surface area contributed by atoms with Gasteiger partial charge in [-0.1, -0.05) is 0 Å². The van der Waals surface area contributed by atoms with Crippen molar-refractivity contribution in [3.63, 3.8) is 0 Å². The van der Waals surface area contributed by atoms with Gasteiger partial charge in [0.25, 0.3) is 0 Å². The molecule has 1 aromatic carbocycles. The van der Waals surface area contributed by atoms with Gasteiger partial charge in [0.15, 0.2) is 9.84 Å². The molecule has 18 heavy (non-hydrogen) atoms.